The van der Waals surface area contributed by atoms with Crippen LogP contribution in [0.15, 0.2) is 0 Å². The summed E-state index contributed by atoms with van der Waals surface area (Å²) in [7, 11) is 7.30. The van der Waals surface area contributed by atoms with Crippen LogP contribution in [0.1, 0.15) is 0 Å². The van der Waals surface area contributed by atoms with Crippen LogP contribution in [-0.2, 0) is 0 Å². The molecule has 0 bridgehead atoms. The predicted octanol–water partition coefficient (Wildman–Crippen LogP) is -0.946. The molecule has 0 aromatic rings. The Morgan fingerprint density at radius 1 is 1.00 bits per heavy atom. The third-order valence-corrected chi connectivity index (χ3v) is 0.671. The van der Waals surface area contributed by atoms with E-state index in [0.717, 1.165) is 0 Å². The molecule has 0 fully saturated rings. The number of nitrogens with one attached hydrogen (secondary N) is 3. The number of hydrogen-bond acceptors (Lipinski definition) is 3. The standard InChI is InChI=1S/C5H15N5/c1-9(2)7-5(6)8-10(3)4/h1-4H3,(H3,6,7,8). The maximum absolute atomic E-state index is 7.24. The predicted molar refractivity (Wildman–Crippen MR) is 41.4 cm³/mol. The lowest BCUT2D eigenvalue weighted by molar-refractivity contribution is 0.310. The van der Waals surface area contributed by atoms with E-state index in [2.05, 4.69) is 10.9 Å². The highest BCUT2D eigenvalue weighted by atomic mass is 15.6. The molecule has 0 aliphatic rings. The SMILES string of the molecule is CN(C)NC(=N)NN(C)C. The number of guanidine groups is 1. The largest absolute Gasteiger partial charge is 0.289 e. The summed E-state index contributed by atoms with van der Waals surface area (Å²) in [5.74, 6) is 0.259. The molecule has 3 N–H and O–H groups in total. The van der Waals surface area contributed by atoms with Crippen LogP contribution < -0.4 is 10.9 Å². The van der Waals surface area contributed by atoms with Crippen LogP contribution in [-0.4, -0.2) is 44.2 Å². The van der Waals surface area contributed by atoms with Gasteiger partial charge < -0.3 is 0 Å². The summed E-state index contributed by atoms with van der Waals surface area (Å²) in [6.07, 6.45) is 0. The van der Waals surface area contributed by atoms with E-state index in [1.54, 1.807) is 10.0 Å². The first-order chi connectivity index (χ1) is 4.52. The van der Waals surface area contributed by atoms with Gasteiger partial charge in [-0.15, -0.1) is 0 Å². The fourth-order valence-corrected chi connectivity index (χ4v) is 0.472. The van der Waals surface area contributed by atoms with E-state index in [0.29, 0.717) is 0 Å². The van der Waals surface area contributed by atoms with E-state index < -0.39 is 0 Å². The van der Waals surface area contributed by atoms with Crippen molar-refractivity contribution in [2.75, 3.05) is 28.2 Å². The Hall–Kier alpha value is -0.810. The minimum atomic E-state index is 0.259. The lowest BCUT2D eigenvalue weighted by Gasteiger charge is -2.18. The summed E-state index contributed by atoms with van der Waals surface area (Å²) in [5.41, 5.74) is 5.48. The summed E-state index contributed by atoms with van der Waals surface area (Å²) in [6.45, 7) is 0. The molecule has 5 nitrogen and oxygen atoms in total. The topological polar surface area (TPSA) is 54.4 Å². The van der Waals surface area contributed by atoms with E-state index in [-0.39, 0.29) is 5.96 Å². The van der Waals surface area contributed by atoms with Crippen molar-refractivity contribution in [1.29, 1.82) is 5.41 Å². The van der Waals surface area contributed by atoms with E-state index in [9.17, 15) is 0 Å². The fraction of sp³-hybridized carbons (Fsp3) is 0.800. The Bertz CT molecular complexity index is 96.6. The molecule has 0 amide bonds. The number of hydrazine groups is 2. The monoisotopic (exact) mass is 145 g/mol. The lowest BCUT2D eigenvalue weighted by Crippen LogP contribution is -2.48. The molecule has 0 aliphatic carbocycles. The molecule has 0 atom stereocenters. The molecule has 0 aliphatic heterocycles. The van der Waals surface area contributed by atoms with Crippen LogP contribution >= 0.6 is 0 Å². The molecule has 0 rings (SSSR count). The molecule has 0 spiro atoms. The Labute approximate surface area is 61.4 Å². The van der Waals surface area contributed by atoms with Crippen LogP contribution in [0.25, 0.3) is 0 Å². The van der Waals surface area contributed by atoms with Crippen molar-refractivity contribution in [3.8, 4) is 0 Å². The molecule has 0 unspecified atom stereocenters. The van der Waals surface area contributed by atoms with Gasteiger partial charge in [-0.05, 0) is 0 Å². The van der Waals surface area contributed by atoms with E-state index in [4.69, 9.17) is 5.41 Å². The van der Waals surface area contributed by atoms with E-state index in [1.165, 1.54) is 0 Å². The van der Waals surface area contributed by atoms with Crippen molar-refractivity contribution in [2.45, 2.75) is 0 Å². The fourth-order valence-electron chi connectivity index (χ4n) is 0.472. The first kappa shape index (κ1) is 9.19. The maximum atomic E-state index is 7.24. The van der Waals surface area contributed by atoms with Gasteiger partial charge >= 0.3 is 0 Å². The molecule has 0 saturated heterocycles. The lowest BCUT2D eigenvalue weighted by atomic mass is 10.9. The molecule has 60 valence electrons. The second kappa shape index (κ2) is 4.08. The van der Waals surface area contributed by atoms with Gasteiger partial charge in [-0.1, -0.05) is 0 Å². The normalized spacial score (nSPS) is 10.2. The number of nitrogens with zero attached hydrogens (tertiary/aromatic N) is 2. The molecule has 0 heterocycles. The molecular weight excluding hydrogens is 130 g/mol. The highest BCUT2D eigenvalue weighted by molar-refractivity contribution is 5.75. The summed E-state index contributed by atoms with van der Waals surface area (Å²) >= 11 is 0. The third-order valence-electron chi connectivity index (χ3n) is 0.671. The van der Waals surface area contributed by atoms with Gasteiger partial charge in [-0.25, -0.2) is 10.0 Å². The summed E-state index contributed by atoms with van der Waals surface area (Å²) < 4.78 is 0. The van der Waals surface area contributed by atoms with Gasteiger partial charge in [0.05, 0.1) is 0 Å². The first-order valence-corrected chi connectivity index (χ1v) is 2.99. The summed E-state index contributed by atoms with van der Waals surface area (Å²) in [6, 6.07) is 0. The molecular formula is C5H15N5. The van der Waals surface area contributed by atoms with Gasteiger partial charge in [-0.2, -0.15) is 0 Å². The average molecular weight is 145 g/mol. The molecule has 0 radical (unpaired) electrons. The smallest absolute Gasteiger partial charge is 0.218 e. The van der Waals surface area contributed by atoms with Crippen LogP contribution in [0, 0.1) is 5.41 Å². The molecule has 0 aromatic carbocycles. The first-order valence-electron chi connectivity index (χ1n) is 2.99. The van der Waals surface area contributed by atoms with Crippen LogP contribution in [0.3, 0.4) is 0 Å². The van der Waals surface area contributed by atoms with Crippen molar-refractivity contribution in [3.63, 3.8) is 0 Å². The Morgan fingerprint density at radius 2 is 1.30 bits per heavy atom. The molecule has 5 heteroatoms. The Balaban J connectivity index is 3.44. The quantitative estimate of drug-likeness (QED) is 0.266. The third kappa shape index (κ3) is 5.33. The van der Waals surface area contributed by atoms with Crippen molar-refractivity contribution in [3.05, 3.63) is 0 Å². The van der Waals surface area contributed by atoms with Gasteiger partial charge in [0.25, 0.3) is 0 Å². The van der Waals surface area contributed by atoms with Crippen molar-refractivity contribution in [2.24, 2.45) is 0 Å². The second-order valence-corrected chi connectivity index (χ2v) is 2.39. The van der Waals surface area contributed by atoms with Gasteiger partial charge in [0.2, 0.25) is 5.96 Å². The number of hydrogen-bond donors (Lipinski definition) is 3. The summed E-state index contributed by atoms with van der Waals surface area (Å²) in [4.78, 5) is 0. The Kier molecular flexibility index (Phi) is 3.75. The average Bonchev–Trinajstić information content (AvgIpc) is 1.58. The van der Waals surface area contributed by atoms with E-state index >= 15 is 0 Å². The zero-order valence-corrected chi connectivity index (χ0v) is 6.89. The van der Waals surface area contributed by atoms with Crippen molar-refractivity contribution < 1.29 is 0 Å². The highest BCUT2D eigenvalue weighted by Crippen LogP contribution is 1.66. The van der Waals surface area contributed by atoms with Crippen molar-refractivity contribution in [1.82, 2.24) is 20.9 Å². The second-order valence-electron chi connectivity index (χ2n) is 2.39. The minimum absolute atomic E-state index is 0.259. The van der Waals surface area contributed by atoms with Crippen molar-refractivity contribution >= 4 is 5.96 Å². The highest BCUT2D eigenvalue weighted by Gasteiger charge is 1.94. The van der Waals surface area contributed by atoms with Gasteiger partial charge in [0.1, 0.15) is 0 Å². The maximum Gasteiger partial charge on any atom is 0.218 e. The number of rotatable bonds is 2. The molecule has 10 heavy (non-hydrogen) atoms. The minimum Gasteiger partial charge on any atom is -0.289 e. The zero-order valence-electron chi connectivity index (χ0n) is 6.89. The molecule has 0 saturated carbocycles. The molecule has 0 aromatic heterocycles. The van der Waals surface area contributed by atoms with Gasteiger partial charge in [-0.3, -0.25) is 16.3 Å². The van der Waals surface area contributed by atoms with Crippen LogP contribution in [0.4, 0.5) is 0 Å². The van der Waals surface area contributed by atoms with Crippen LogP contribution in [0.5, 0.6) is 0 Å². The summed E-state index contributed by atoms with van der Waals surface area (Å²) in [5, 5.41) is 10.6. The Morgan fingerprint density at radius 3 is 1.50 bits per heavy atom. The van der Waals surface area contributed by atoms with E-state index in [1.807, 2.05) is 28.2 Å². The van der Waals surface area contributed by atoms with Gasteiger partial charge in [0.15, 0.2) is 0 Å². The van der Waals surface area contributed by atoms with Gasteiger partial charge in [0, 0.05) is 28.2 Å². The zero-order chi connectivity index (χ0) is 8.15. The van der Waals surface area contributed by atoms with Crippen LogP contribution in [0.2, 0.25) is 0 Å².